The van der Waals surface area contributed by atoms with Gasteiger partial charge in [-0.05, 0) is 32.0 Å². The molecular formula is C11H18N4S. The van der Waals surface area contributed by atoms with Crippen molar-refractivity contribution in [1.82, 2.24) is 14.7 Å². The van der Waals surface area contributed by atoms with E-state index in [9.17, 15) is 0 Å². The van der Waals surface area contributed by atoms with Gasteiger partial charge in [-0.1, -0.05) is 12.2 Å². The smallest absolute Gasteiger partial charge is 0.0759 e. The molecule has 0 aliphatic carbocycles. The summed E-state index contributed by atoms with van der Waals surface area (Å²) in [7, 11) is 0. The number of piperidine rings is 1. The molecule has 5 heteroatoms. The quantitative estimate of drug-likeness (QED) is 0.791. The molecule has 0 radical (unpaired) electrons. The van der Waals surface area contributed by atoms with Crippen molar-refractivity contribution in [3.8, 4) is 0 Å². The molecule has 1 aliphatic rings. The van der Waals surface area contributed by atoms with Crippen LogP contribution in [-0.4, -0.2) is 39.3 Å². The fourth-order valence-corrected chi connectivity index (χ4v) is 2.35. The van der Waals surface area contributed by atoms with Gasteiger partial charge in [0.2, 0.25) is 0 Å². The Morgan fingerprint density at radius 3 is 2.69 bits per heavy atom. The highest BCUT2D eigenvalue weighted by Crippen LogP contribution is 2.16. The Bertz CT molecular complexity index is 328. The van der Waals surface area contributed by atoms with E-state index >= 15 is 0 Å². The zero-order chi connectivity index (χ0) is 11.4. The van der Waals surface area contributed by atoms with E-state index in [0.29, 0.717) is 10.9 Å². The van der Waals surface area contributed by atoms with Crippen molar-refractivity contribution < 1.29 is 0 Å². The molecule has 2 heterocycles. The van der Waals surface area contributed by atoms with Crippen molar-refractivity contribution in [2.75, 3.05) is 19.6 Å². The maximum atomic E-state index is 5.66. The molecule has 0 atom stereocenters. The molecule has 4 nitrogen and oxygen atoms in total. The van der Waals surface area contributed by atoms with Gasteiger partial charge in [0.15, 0.2) is 0 Å². The first-order valence-electron chi connectivity index (χ1n) is 5.75. The van der Waals surface area contributed by atoms with Crippen LogP contribution in [0.3, 0.4) is 0 Å². The van der Waals surface area contributed by atoms with Crippen LogP contribution in [0.15, 0.2) is 18.5 Å². The molecule has 0 aromatic carbocycles. The molecule has 88 valence electrons. The van der Waals surface area contributed by atoms with E-state index < -0.39 is 0 Å². The van der Waals surface area contributed by atoms with E-state index in [2.05, 4.69) is 10.00 Å². The summed E-state index contributed by atoms with van der Waals surface area (Å²) in [6, 6.07) is 1.96. The Morgan fingerprint density at radius 1 is 1.38 bits per heavy atom. The van der Waals surface area contributed by atoms with Gasteiger partial charge in [-0.3, -0.25) is 4.68 Å². The second kappa shape index (κ2) is 5.41. The van der Waals surface area contributed by atoms with Crippen molar-refractivity contribution in [3.63, 3.8) is 0 Å². The minimum absolute atomic E-state index is 0.455. The minimum atomic E-state index is 0.455. The molecule has 1 fully saturated rings. The summed E-state index contributed by atoms with van der Waals surface area (Å²) in [6.45, 7) is 4.23. The maximum absolute atomic E-state index is 5.66. The number of hydrogen-bond donors (Lipinski definition) is 1. The minimum Gasteiger partial charge on any atom is -0.393 e. The first-order valence-corrected chi connectivity index (χ1v) is 6.15. The molecule has 0 unspecified atom stereocenters. The Kier molecular flexibility index (Phi) is 3.90. The third-order valence-electron chi connectivity index (χ3n) is 3.19. The first-order chi connectivity index (χ1) is 7.75. The third-order valence-corrected chi connectivity index (χ3v) is 3.53. The highest BCUT2D eigenvalue weighted by molar-refractivity contribution is 7.80. The molecule has 1 aromatic rings. The van der Waals surface area contributed by atoms with Gasteiger partial charge in [0, 0.05) is 24.9 Å². The van der Waals surface area contributed by atoms with Crippen LogP contribution in [0.5, 0.6) is 0 Å². The zero-order valence-corrected chi connectivity index (χ0v) is 10.2. The molecule has 2 rings (SSSR count). The summed E-state index contributed by atoms with van der Waals surface area (Å²) in [5.41, 5.74) is 5.66. The second-order valence-electron chi connectivity index (χ2n) is 4.29. The summed E-state index contributed by atoms with van der Waals surface area (Å²) in [6.07, 6.45) is 6.03. The summed E-state index contributed by atoms with van der Waals surface area (Å²) < 4.78 is 1.97. The SMILES string of the molecule is NC(=S)C1CCN(CCn2cccn2)CC1. The van der Waals surface area contributed by atoms with Crippen LogP contribution in [0.1, 0.15) is 12.8 Å². The summed E-state index contributed by atoms with van der Waals surface area (Å²) in [5, 5.41) is 4.19. The molecular weight excluding hydrogens is 220 g/mol. The average Bonchev–Trinajstić information content (AvgIpc) is 2.80. The predicted molar refractivity (Wildman–Crippen MR) is 68.2 cm³/mol. The van der Waals surface area contributed by atoms with Crippen molar-refractivity contribution in [2.45, 2.75) is 19.4 Å². The summed E-state index contributed by atoms with van der Waals surface area (Å²) >= 11 is 5.03. The lowest BCUT2D eigenvalue weighted by Gasteiger charge is -2.31. The Balaban J connectivity index is 1.71. The largest absolute Gasteiger partial charge is 0.393 e. The Hall–Kier alpha value is -0.940. The van der Waals surface area contributed by atoms with Gasteiger partial charge < -0.3 is 10.6 Å². The highest BCUT2D eigenvalue weighted by atomic mass is 32.1. The van der Waals surface area contributed by atoms with Gasteiger partial charge in [0.25, 0.3) is 0 Å². The molecule has 1 aliphatic heterocycles. The number of nitrogens with two attached hydrogens (primary N) is 1. The van der Waals surface area contributed by atoms with Gasteiger partial charge in [-0.15, -0.1) is 0 Å². The normalized spacial score (nSPS) is 18.8. The van der Waals surface area contributed by atoms with Gasteiger partial charge in [0.05, 0.1) is 11.5 Å². The number of thiocarbonyl (C=S) groups is 1. The van der Waals surface area contributed by atoms with Crippen LogP contribution in [0.2, 0.25) is 0 Å². The maximum Gasteiger partial charge on any atom is 0.0759 e. The molecule has 16 heavy (non-hydrogen) atoms. The van der Waals surface area contributed by atoms with Crippen LogP contribution in [0.25, 0.3) is 0 Å². The first kappa shape index (κ1) is 11.5. The molecule has 2 N–H and O–H groups in total. The second-order valence-corrected chi connectivity index (χ2v) is 4.76. The molecule has 1 saturated heterocycles. The fourth-order valence-electron chi connectivity index (χ4n) is 2.12. The van der Waals surface area contributed by atoms with Crippen LogP contribution >= 0.6 is 12.2 Å². The van der Waals surface area contributed by atoms with Crippen molar-refractivity contribution in [3.05, 3.63) is 18.5 Å². The van der Waals surface area contributed by atoms with E-state index in [1.165, 1.54) is 0 Å². The molecule has 0 saturated carbocycles. The Morgan fingerprint density at radius 2 is 2.12 bits per heavy atom. The van der Waals surface area contributed by atoms with E-state index in [1.807, 2.05) is 23.1 Å². The molecule has 0 amide bonds. The number of aromatic nitrogens is 2. The molecule has 0 spiro atoms. The molecule has 1 aromatic heterocycles. The van der Waals surface area contributed by atoms with Gasteiger partial charge in [0.1, 0.15) is 0 Å². The summed E-state index contributed by atoms with van der Waals surface area (Å²) in [4.78, 5) is 3.14. The number of hydrogen-bond acceptors (Lipinski definition) is 3. The van der Waals surface area contributed by atoms with Crippen LogP contribution in [0, 0.1) is 5.92 Å². The van der Waals surface area contributed by atoms with Crippen LogP contribution < -0.4 is 5.73 Å². The number of nitrogens with zero attached hydrogens (tertiary/aromatic N) is 3. The standard InChI is InChI=1S/C11H18N4S/c12-11(16)10-2-6-14(7-3-10)8-9-15-5-1-4-13-15/h1,4-5,10H,2-3,6-9H2,(H2,12,16). The monoisotopic (exact) mass is 238 g/mol. The fraction of sp³-hybridized carbons (Fsp3) is 0.636. The van der Waals surface area contributed by atoms with Crippen LogP contribution in [0.4, 0.5) is 0 Å². The van der Waals surface area contributed by atoms with Gasteiger partial charge >= 0.3 is 0 Å². The predicted octanol–water partition coefficient (Wildman–Crippen LogP) is 0.881. The van der Waals surface area contributed by atoms with Crippen molar-refractivity contribution >= 4 is 17.2 Å². The van der Waals surface area contributed by atoms with E-state index in [1.54, 1.807) is 0 Å². The topological polar surface area (TPSA) is 47.1 Å². The van der Waals surface area contributed by atoms with E-state index in [-0.39, 0.29) is 0 Å². The lowest BCUT2D eigenvalue weighted by molar-refractivity contribution is 0.200. The Labute approximate surface area is 101 Å². The average molecular weight is 238 g/mol. The van der Waals surface area contributed by atoms with Gasteiger partial charge in [-0.25, -0.2) is 0 Å². The number of likely N-dealkylation sites (tertiary alicyclic amines) is 1. The third kappa shape index (κ3) is 3.02. The lowest BCUT2D eigenvalue weighted by Crippen LogP contribution is -2.39. The van der Waals surface area contributed by atoms with E-state index in [0.717, 1.165) is 39.0 Å². The van der Waals surface area contributed by atoms with Crippen molar-refractivity contribution in [1.29, 1.82) is 0 Å². The zero-order valence-electron chi connectivity index (χ0n) is 9.38. The lowest BCUT2D eigenvalue weighted by atomic mass is 9.97. The van der Waals surface area contributed by atoms with Crippen LogP contribution in [-0.2, 0) is 6.54 Å². The van der Waals surface area contributed by atoms with Gasteiger partial charge in [-0.2, -0.15) is 5.10 Å². The van der Waals surface area contributed by atoms with Crippen molar-refractivity contribution in [2.24, 2.45) is 11.7 Å². The highest BCUT2D eigenvalue weighted by Gasteiger charge is 2.20. The number of rotatable bonds is 4. The summed E-state index contributed by atoms with van der Waals surface area (Å²) in [5.74, 6) is 0.455. The van der Waals surface area contributed by atoms with E-state index in [4.69, 9.17) is 18.0 Å². The molecule has 0 bridgehead atoms.